The fourth-order valence-electron chi connectivity index (χ4n) is 0.705. The predicted octanol–water partition coefficient (Wildman–Crippen LogP) is 3.09. The van der Waals surface area contributed by atoms with Crippen molar-refractivity contribution in [1.29, 1.82) is 0 Å². The summed E-state index contributed by atoms with van der Waals surface area (Å²) in [6.07, 6.45) is 4.18. The molecule has 0 amide bonds. The van der Waals surface area contributed by atoms with E-state index in [-0.39, 0.29) is 0 Å². The van der Waals surface area contributed by atoms with Gasteiger partial charge in [0.25, 0.3) is 0 Å². The van der Waals surface area contributed by atoms with E-state index in [1.54, 1.807) is 11.3 Å². The van der Waals surface area contributed by atoms with Gasteiger partial charge in [-0.25, -0.2) is 0 Å². The monoisotopic (exact) mass is 138 g/mol. The van der Waals surface area contributed by atoms with Gasteiger partial charge in [-0.15, -0.1) is 11.3 Å². The van der Waals surface area contributed by atoms with Crippen LogP contribution in [0.15, 0.2) is 17.5 Å². The molecule has 0 bridgehead atoms. The molecule has 0 spiro atoms. The topological polar surface area (TPSA) is 0 Å². The number of hydrogen-bond donors (Lipinski definition) is 0. The second kappa shape index (κ2) is 2.83. The van der Waals surface area contributed by atoms with E-state index in [9.17, 15) is 0 Å². The summed E-state index contributed by atoms with van der Waals surface area (Å²) < 4.78 is 0. The summed E-state index contributed by atoms with van der Waals surface area (Å²) in [5.74, 6) is 0. The molecule has 1 heteroatoms. The minimum absolute atomic E-state index is 1.34. The second-order valence-corrected chi connectivity index (χ2v) is 2.97. The molecule has 1 aromatic rings. The van der Waals surface area contributed by atoms with E-state index in [2.05, 4.69) is 30.5 Å². The van der Waals surface area contributed by atoms with Gasteiger partial charge in [0.05, 0.1) is 0 Å². The van der Waals surface area contributed by atoms with E-state index in [4.69, 9.17) is 0 Å². The fraction of sp³-hybridized carbons (Fsp3) is 0.250. The first-order chi connectivity index (χ1) is 4.33. The summed E-state index contributed by atoms with van der Waals surface area (Å²) >= 11 is 1.79. The number of hydrogen-bond acceptors (Lipinski definition) is 1. The molecule has 0 saturated heterocycles. The molecule has 1 heterocycles. The lowest BCUT2D eigenvalue weighted by Gasteiger charge is -1.76. The van der Waals surface area contributed by atoms with Crippen LogP contribution in [0.2, 0.25) is 0 Å². The van der Waals surface area contributed by atoms with E-state index < -0.39 is 0 Å². The Bertz CT molecular complexity index is 208. The lowest BCUT2D eigenvalue weighted by atomic mass is 10.3. The van der Waals surface area contributed by atoms with Crippen molar-refractivity contribution in [3.05, 3.63) is 28.0 Å². The predicted molar refractivity (Wildman–Crippen MR) is 43.8 cm³/mol. The van der Waals surface area contributed by atoms with E-state index in [1.807, 2.05) is 6.92 Å². The van der Waals surface area contributed by atoms with Crippen LogP contribution in [-0.2, 0) is 0 Å². The Kier molecular flexibility index (Phi) is 2.06. The molecule has 1 aromatic heterocycles. The maximum Gasteiger partial charge on any atom is 0.0269 e. The zero-order valence-electron chi connectivity index (χ0n) is 5.72. The smallest absolute Gasteiger partial charge is 0.0269 e. The Morgan fingerprint density at radius 1 is 1.56 bits per heavy atom. The van der Waals surface area contributed by atoms with E-state index >= 15 is 0 Å². The summed E-state index contributed by atoms with van der Waals surface area (Å²) in [4.78, 5) is 1.34. The summed E-state index contributed by atoms with van der Waals surface area (Å²) in [7, 11) is 0. The van der Waals surface area contributed by atoms with Gasteiger partial charge in [0, 0.05) is 4.88 Å². The Morgan fingerprint density at radius 2 is 2.33 bits per heavy atom. The minimum atomic E-state index is 1.34. The van der Waals surface area contributed by atoms with Gasteiger partial charge in [-0.2, -0.15) is 0 Å². The molecular weight excluding hydrogens is 128 g/mol. The normalized spacial score (nSPS) is 10.9. The zero-order valence-corrected chi connectivity index (χ0v) is 6.53. The van der Waals surface area contributed by atoms with Crippen LogP contribution in [-0.4, -0.2) is 0 Å². The lowest BCUT2D eigenvalue weighted by Crippen LogP contribution is -1.55. The average molecular weight is 138 g/mol. The fourth-order valence-corrected chi connectivity index (χ4v) is 1.56. The van der Waals surface area contributed by atoms with Crippen LogP contribution < -0.4 is 0 Å². The first-order valence-electron chi connectivity index (χ1n) is 3.01. The van der Waals surface area contributed by atoms with Gasteiger partial charge >= 0.3 is 0 Å². The van der Waals surface area contributed by atoms with Crippen molar-refractivity contribution in [3.63, 3.8) is 0 Å². The van der Waals surface area contributed by atoms with E-state index in [0.717, 1.165) is 0 Å². The van der Waals surface area contributed by atoms with Gasteiger partial charge in [-0.3, -0.25) is 0 Å². The first kappa shape index (κ1) is 6.56. The van der Waals surface area contributed by atoms with E-state index in [1.165, 1.54) is 10.4 Å². The Morgan fingerprint density at radius 3 is 2.78 bits per heavy atom. The van der Waals surface area contributed by atoms with Crippen molar-refractivity contribution in [2.75, 3.05) is 0 Å². The van der Waals surface area contributed by atoms with Crippen molar-refractivity contribution < 1.29 is 0 Å². The van der Waals surface area contributed by atoms with Gasteiger partial charge in [-0.1, -0.05) is 6.08 Å². The standard InChI is InChI=1S/C8H10S/c1-3-4-8-5-7(2)6-9-8/h3-6H,1-2H3/b4-3+. The van der Waals surface area contributed by atoms with Crippen LogP contribution in [0.5, 0.6) is 0 Å². The van der Waals surface area contributed by atoms with Crippen molar-refractivity contribution in [2.45, 2.75) is 13.8 Å². The van der Waals surface area contributed by atoms with Gasteiger partial charge < -0.3 is 0 Å². The third-order valence-corrected chi connectivity index (χ3v) is 2.10. The molecule has 0 nitrogen and oxygen atoms in total. The molecule has 0 aromatic carbocycles. The van der Waals surface area contributed by atoms with Crippen LogP contribution in [0.4, 0.5) is 0 Å². The second-order valence-electron chi connectivity index (χ2n) is 2.03. The molecule has 0 aliphatic rings. The molecule has 0 fully saturated rings. The Hall–Kier alpha value is -0.560. The minimum Gasteiger partial charge on any atom is -0.144 e. The van der Waals surface area contributed by atoms with Crippen molar-refractivity contribution in [1.82, 2.24) is 0 Å². The van der Waals surface area contributed by atoms with Crippen molar-refractivity contribution >= 4 is 17.4 Å². The summed E-state index contributed by atoms with van der Waals surface area (Å²) in [5.41, 5.74) is 1.35. The highest BCUT2D eigenvalue weighted by molar-refractivity contribution is 7.11. The van der Waals surface area contributed by atoms with Crippen molar-refractivity contribution in [2.24, 2.45) is 0 Å². The third kappa shape index (κ3) is 1.68. The number of thiophene rings is 1. The zero-order chi connectivity index (χ0) is 6.69. The molecule has 0 N–H and O–H groups in total. The number of allylic oxidation sites excluding steroid dienone is 1. The molecule has 0 aliphatic carbocycles. The highest BCUT2D eigenvalue weighted by Crippen LogP contribution is 2.14. The number of aryl methyl sites for hydroxylation is 1. The van der Waals surface area contributed by atoms with Gasteiger partial charge in [0.2, 0.25) is 0 Å². The summed E-state index contributed by atoms with van der Waals surface area (Å²) in [6.45, 7) is 4.15. The van der Waals surface area contributed by atoms with Crippen molar-refractivity contribution in [3.8, 4) is 0 Å². The molecular formula is C8H10S. The Balaban J connectivity index is 2.85. The van der Waals surface area contributed by atoms with Gasteiger partial charge in [0.1, 0.15) is 0 Å². The van der Waals surface area contributed by atoms with Crippen LogP contribution in [0.1, 0.15) is 17.4 Å². The van der Waals surface area contributed by atoms with Gasteiger partial charge in [-0.05, 0) is 36.9 Å². The molecule has 9 heavy (non-hydrogen) atoms. The molecule has 0 aliphatic heterocycles. The summed E-state index contributed by atoms with van der Waals surface area (Å²) in [6, 6.07) is 2.19. The Labute approximate surface area is 59.8 Å². The van der Waals surface area contributed by atoms with Crippen LogP contribution in [0.25, 0.3) is 6.08 Å². The van der Waals surface area contributed by atoms with Crippen LogP contribution in [0.3, 0.4) is 0 Å². The largest absolute Gasteiger partial charge is 0.144 e. The maximum atomic E-state index is 2.19. The summed E-state index contributed by atoms with van der Waals surface area (Å²) in [5, 5.41) is 2.16. The molecule has 0 atom stereocenters. The molecule has 0 radical (unpaired) electrons. The number of rotatable bonds is 1. The van der Waals surface area contributed by atoms with E-state index in [0.29, 0.717) is 0 Å². The third-order valence-electron chi connectivity index (χ3n) is 1.08. The van der Waals surface area contributed by atoms with Gasteiger partial charge in [0.15, 0.2) is 0 Å². The lowest BCUT2D eigenvalue weighted by molar-refractivity contribution is 1.55. The molecule has 1 rings (SSSR count). The maximum absolute atomic E-state index is 2.19. The molecule has 0 unspecified atom stereocenters. The average Bonchev–Trinajstić information content (AvgIpc) is 2.17. The molecule has 48 valence electrons. The van der Waals surface area contributed by atoms with Crippen LogP contribution >= 0.6 is 11.3 Å². The van der Waals surface area contributed by atoms with Crippen LogP contribution in [0, 0.1) is 6.92 Å². The first-order valence-corrected chi connectivity index (χ1v) is 3.88. The highest BCUT2D eigenvalue weighted by atomic mass is 32.1. The molecule has 0 saturated carbocycles. The quantitative estimate of drug-likeness (QED) is 0.559. The highest BCUT2D eigenvalue weighted by Gasteiger charge is 1.87. The SMILES string of the molecule is C/C=C/c1cc(C)cs1.